The van der Waals surface area contributed by atoms with Crippen molar-refractivity contribution in [2.45, 2.75) is 20.3 Å². The van der Waals surface area contributed by atoms with Gasteiger partial charge in [-0.15, -0.1) is 0 Å². The number of hydrogen-bond donors (Lipinski definition) is 3. The molecule has 128 valence electrons. The summed E-state index contributed by atoms with van der Waals surface area (Å²) in [7, 11) is -3.64. The van der Waals surface area contributed by atoms with Crippen LogP contribution in [0.25, 0.3) is 0 Å². The predicted molar refractivity (Wildman–Crippen MR) is 92.9 cm³/mol. The van der Waals surface area contributed by atoms with Gasteiger partial charge >= 0.3 is 0 Å². The minimum atomic E-state index is -3.64. The monoisotopic (exact) mass is 348 g/mol. The maximum absolute atomic E-state index is 12.4. The lowest BCUT2D eigenvalue weighted by atomic mass is 10.0. The van der Waals surface area contributed by atoms with Gasteiger partial charge in [-0.1, -0.05) is 24.3 Å². The molecule has 0 saturated carbocycles. The molecule has 0 spiro atoms. The van der Waals surface area contributed by atoms with E-state index in [-0.39, 0.29) is 10.8 Å². The van der Waals surface area contributed by atoms with E-state index in [0.717, 1.165) is 11.1 Å². The molecule has 1 unspecified atom stereocenters. The Bertz CT molecular complexity index is 823. The Kier molecular flexibility index (Phi) is 5.58. The molecule has 2 rings (SSSR count). The first-order valence-corrected chi connectivity index (χ1v) is 8.91. The second kappa shape index (κ2) is 7.46. The minimum absolute atomic E-state index is 0.0946. The van der Waals surface area contributed by atoms with Crippen LogP contribution in [-0.4, -0.2) is 19.5 Å². The standard InChI is InChI=1S/C17H20N2O4S/c1-12-3-7-15(11-13(12)2)19-24(22,23)16-8-4-14(5-9-16)6-10-17(20)18-21/h3-4,6-11,14,19,21H,5H2,1-2H3,(H,18,20)/b10-6+. The van der Waals surface area contributed by atoms with Gasteiger partial charge in [0, 0.05) is 11.8 Å². The molecule has 1 aliphatic carbocycles. The number of hydrogen-bond acceptors (Lipinski definition) is 4. The second-order valence-electron chi connectivity index (χ2n) is 5.60. The molecule has 0 aromatic heterocycles. The fraction of sp³-hybridized carbons (Fsp3) is 0.235. The van der Waals surface area contributed by atoms with E-state index in [4.69, 9.17) is 5.21 Å². The third-order valence-corrected chi connectivity index (χ3v) is 5.20. The van der Waals surface area contributed by atoms with Crippen LogP contribution in [-0.2, 0) is 14.8 Å². The molecule has 0 fully saturated rings. The quantitative estimate of drug-likeness (QED) is 0.433. The molecular weight excluding hydrogens is 328 g/mol. The first-order valence-electron chi connectivity index (χ1n) is 7.42. The van der Waals surface area contributed by atoms with Gasteiger partial charge in [-0.3, -0.25) is 14.7 Å². The number of aryl methyl sites for hydroxylation is 2. The number of benzene rings is 1. The van der Waals surface area contributed by atoms with E-state index in [0.29, 0.717) is 12.1 Å². The van der Waals surface area contributed by atoms with Crippen molar-refractivity contribution in [3.8, 4) is 0 Å². The molecule has 0 radical (unpaired) electrons. The first kappa shape index (κ1) is 18.0. The molecule has 1 atom stereocenters. The summed E-state index contributed by atoms with van der Waals surface area (Å²) in [6, 6.07) is 5.39. The van der Waals surface area contributed by atoms with Gasteiger partial charge in [0.2, 0.25) is 0 Å². The van der Waals surface area contributed by atoms with Gasteiger partial charge < -0.3 is 0 Å². The molecule has 1 aromatic rings. The van der Waals surface area contributed by atoms with E-state index in [1.54, 1.807) is 30.4 Å². The summed E-state index contributed by atoms with van der Waals surface area (Å²) in [5.41, 5.74) is 4.13. The Labute approximate surface area is 141 Å². The summed E-state index contributed by atoms with van der Waals surface area (Å²) in [4.78, 5) is 11.1. The minimum Gasteiger partial charge on any atom is -0.288 e. The lowest BCUT2D eigenvalue weighted by Gasteiger charge is -2.15. The molecule has 6 nitrogen and oxygen atoms in total. The fourth-order valence-electron chi connectivity index (χ4n) is 2.23. The van der Waals surface area contributed by atoms with Crippen LogP contribution in [0.5, 0.6) is 0 Å². The van der Waals surface area contributed by atoms with Crippen LogP contribution in [0.15, 0.2) is 53.5 Å². The molecule has 1 aliphatic rings. The third kappa shape index (κ3) is 4.56. The predicted octanol–water partition coefficient (Wildman–Crippen LogP) is 2.57. The van der Waals surface area contributed by atoms with Crippen molar-refractivity contribution < 1.29 is 18.4 Å². The van der Waals surface area contributed by atoms with Gasteiger partial charge in [-0.25, -0.2) is 13.9 Å². The van der Waals surface area contributed by atoms with Crippen LogP contribution in [0, 0.1) is 19.8 Å². The number of nitrogens with one attached hydrogen (secondary N) is 2. The molecule has 1 aromatic carbocycles. The molecule has 3 N–H and O–H groups in total. The Morgan fingerprint density at radius 3 is 2.62 bits per heavy atom. The Morgan fingerprint density at radius 2 is 2.04 bits per heavy atom. The van der Waals surface area contributed by atoms with Crippen LogP contribution in [0.4, 0.5) is 5.69 Å². The molecule has 24 heavy (non-hydrogen) atoms. The number of rotatable bonds is 5. The van der Waals surface area contributed by atoms with E-state index in [1.807, 2.05) is 19.9 Å². The highest BCUT2D eigenvalue weighted by Gasteiger charge is 2.18. The molecule has 0 aliphatic heterocycles. The molecular formula is C17H20N2O4S. The lowest BCUT2D eigenvalue weighted by Crippen LogP contribution is -2.17. The van der Waals surface area contributed by atoms with Crippen molar-refractivity contribution in [3.63, 3.8) is 0 Å². The van der Waals surface area contributed by atoms with Crippen molar-refractivity contribution in [2.24, 2.45) is 5.92 Å². The van der Waals surface area contributed by atoms with Crippen molar-refractivity contribution in [1.82, 2.24) is 5.48 Å². The number of allylic oxidation sites excluding steroid dienone is 4. The largest absolute Gasteiger partial charge is 0.288 e. The van der Waals surface area contributed by atoms with Crippen molar-refractivity contribution in [2.75, 3.05) is 4.72 Å². The van der Waals surface area contributed by atoms with Crippen LogP contribution in [0.2, 0.25) is 0 Å². The van der Waals surface area contributed by atoms with Crippen molar-refractivity contribution in [3.05, 3.63) is 64.6 Å². The molecule has 0 heterocycles. The number of amides is 1. The summed E-state index contributed by atoms with van der Waals surface area (Å²) in [5, 5.41) is 8.42. The average molecular weight is 348 g/mol. The van der Waals surface area contributed by atoms with Crippen LogP contribution < -0.4 is 10.2 Å². The highest BCUT2D eigenvalue weighted by atomic mass is 32.2. The second-order valence-corrected chi connectivity index (χ2v) is 7.29. The average Bonchev–Trinajstić information content (AvgIpc) is 2.56. The summed E-state index contributed by atoms with van der Waals surface area (Å²) in [6.07, 6.45) is 8.08. The number of carbonyl (C=O) groups excluding carboxylic acids is 1. The van der Waals surface area contributed by atoms with E-state index >= 15 is 0 Å². The zero-order valence-electron chi connectivity index (χ0n) is 13.5. The van der Waals surface area contributed by atoms with E-state index < -0.39 is 15.9 Å². The highest BCUT2D eigenvalue weighted by Crippen LogP contribution is 2.24. The topological polar surface area (TPSA) is 95.5 Å². The zero-order chi connectivity index (χ0) is 17.7. The Hall–Kier alpha value is -2.38. The molecule has 1 amide bonds. The number of carbonyl (C=O) groups is 1. The SMILES string of the molecule is Cc1ccc(NS(=O)(=O)C2=CCC(/C=C/C(=O)NO)C=C2)cc1C. The summed E-state index contributed by atoms with van der Waals surface area (Å²) in [6.45, 7) is 3.89. The molecule has 0 saturated heterocycles. The van der Waals surface area contributed by atoms with Crippen LogP contribution in [0.3, 0.4) is 0 Å². The van der Waals surface area contributed by atoms with E-state index in [1.165, 1.54) is 17.6 Å². The number of anilines is 1. The third-order valence-electron chi connectivity index (χ3n) is 3.77. The zero-order valence-corrected chi connectivity index (χ0v) is 14.3. The Balaban J connectivity index is 2.07. The Morgan fingerprint density at radius 1 is 1.29 bits per heavy atom. The van der Waals surface area contributed by atoms with Gasteiger partial charge in [0.25, 0.3) is 15.9 Å². The van der Waals surface area contributed by atoms with Gasteiger partial charge in [0.15, 0.2) is 0 Å². The van der Waals surface area contributed by atoms with Crippen LogP contribution in [0.1, 0.15) is 17.5 Å². The lowest BCUT2D eigenvalue weighted by molar-refractivity contribution is -0.124. The fourth-order valence-corrected chi connectivity index (χ4v) is 3.36. The van der Waals surface area contributed by atoms with Gasteiger partial charge in [0.1, 0.15) is 0 Å². The van der Waals surface area contributed by atoms with Crippen LogP contribution >= 0.6 is 0 Å². The highest BCUT2D eigenvalue weighted by molar-refractivity contribution is 7.96. The first-order chi connectivity index (χ1) is 11.3. The summed E-state index contributed by atoms with van der Waals surface area (Å²) < 4.78 is 27.4. The van der Waals surface area contributed by atoms with Crippen molar-refractivity contribution >= 4 is 21.6 Å². The maximum atomic E-state index is 12.4. The maximum Gasteiger partial charge on any atom is 0.267 e. The van der Waals surface area contributed by atoms with Gasteiger partial charge in [-0.2, -0.15) is 0 Å². The van der Waals surface area contributed by atoms with E-state index in [9.17, 15) is 13.2 Å². The van der Waals surface area contributed by atoms with E-state index in [2.05, 4.69) is 4.72 Å². The van der Waals surface area contributed by atoms with Gasteiger partial charge in [0.05, 0.1) is 4.91 Å². The summed E-state index contributed by atoms with van der Waals surface area (Å²) >= 11 is 0. The molecule has 7 heteroatoms. The smallest absolute Gasteiger partial charge is 0.267 e. The normalized spacial score (nSPS) is 17.6. The molecule has 0 bridgehead atoms. The van der Waals surface area contributed by atoms with Gasteiger partial charge in [-0.05, 0) is 55.5 Å². The number of sulfonamides is 1. The number of hydroxylamine groups is 1. The van der Waals surface area contributed by atoms with Crippen molar-refractivity contribution in [1.29, 1.82) is 0 Å². The summed E-state index contributed by atoms with van der Waals surface area (Å²) in [5.74, 6) is -0.718.